The SMILES string of the molecule is Cc1cccc(-c2ccc(N(CC(C)C)CC(C)C)c(NC(=O)Cc3ccc(OC(F)(F)F)cc3)c2)c1C(=O)O. The van der Waals surface area contributed by atoms with Crippen molar-refractivity contribution in [2.45, 2.75) is 47.4 Å². The summed E-state index contributed by atoms with van der Waals surface area (Å²) < 4.78 is 41.3. The van der Waals surface area contributed by atoms with Gasteiger partial charge in [-0.15, -0.1) is 13.2 Å². The summed E-state index contributed by atoms with van der Waals surface area (Å²) in [4.78, 5) is 27.4. The van der Waals surface area contributed by atoms with E-state index >= 15 is 0 Å². The summed E-state index contributed by atoms with van der Waals surface area (Å²) in [5, 5.41) is 12.8. The number of rotatable bonds is 11. The van der Waals surface area contributed by atoms with Gasteiger partial charge in [0.1, 0.15) is 5.75 Å². The van der Waals surface area contributed by atoms with Gasteiger partial charge in [-0.25, -0.2) is 4.79 Å². The lowest BCUT2D eigenvalue weighted by Gasteiger charge is -2.31. The Morgan fingerprint density at radius 2 is 1.57 bits per heavy atom. The third kappa shape index (κ3) is 8.49. The monoisotopic (exact) mass is 556 g/mol. The van der Waals surface area contributed by atoms with Crippen LogP contribution in [-0.2, 0) is 11.2 Å². The molecule has 3 aromatic carbocycles. The first kappa shape index (κ1) is 30.5. The van der Waals surface area contributed by atoms with E-state index in [0.29, 0.717) is 39.8 Å². The minimum absolute atomic E-state index is 0.0743. The molecule has 1 amide bonds. The molecule has 0 aliphatic rings. The Hall–Kier alpha value is -4.01. The number of benzene rings is 3. The Morgan fingerprint density at radius 1 is 0.950 bits per heavy atom. The maximum Gasteiger partial charge on any atom is 0.573 e. The Kier molecular flexibility index (Phi) is 9.84. The molecule has 2 N–H and O–H groups in total. The van der Waals surface area contributed by atoms with E-state index in [4.69, 9.17) is 0 Å². The van der Waals surface area contributed by atoms with E-state index in [2.05, 4.69) is 42.6 Å². The van der Waals surface area contributed by atoms with Crippen LogP contribution in [-0.4, -0.2) is 36.4 Å². The van der Waals surface area contributed by atoms with Crippen molar-refractivity contribution in [2.24, 2.45) is 11.8 Å². The summed E-state index contributed by atoms with van der Waals surface area (Å²) in [6.45, 7) is 11.7. The van der Waals surface area contributed by atoms with Crippen LogP contribution in [0.15, 0.2) is 60.7 Å². The summed E-state index contributed by atoms with van der Waals surface area (Å²) in [6, 6.07) is 16.0. The second kappa shape index (κ2) is 12.9. The number of amides is 1. The van der Waals surface area contributed by atoms with Gasteiger partial charge in [0, 0.05) is 13.1 Å². The number of alkyl halides is 3. The largest absolute Gasteiger partial charge is 0.573 e. The van der Waals surface area contributed by atoms with E-state index in [1.807, 2.05) is 12.1 Å². The zero-order chi connectivity index (χ0) is 29.6. The first-order valence-electron chi connectivity index (χ1n) is 13.1. The van der Waals surface area contributed by atoms with Gasteiger partial charge in [0.15, 0.2) is 0 Å². The molecule has 0 heterocycles. The molecule has 0 unspecified atom stereocenters. The molecule has 0 aliphatic carbocycles. The summed E-state index contributed by atoms with van der Waals surface area (Å²) in [7, 11) is 0. The van der Waals surface area contributed by atoms with Gasteiger partial charge in [-0.05, 0) is 65.3 Å². The fourth-order valence-corrected chi connectivity index (χ4v) is 4.61. The van der Waals surface area contributed by atoms with Crippen LogP contribution >= 0.6 is 0 Å². The third-order valence-corrected chi connectivity index (χ3v) is 6.10. The zero-order valence-corrected chi connectivity index (χ0v) is 23.3. The van der Waals surface area contributed by atoms with Crippen LogP contribution in [0, 0.1) is 18.8 Å². The molecular formula is C31H35F3N2O4. The van der Waals surface area contributed by atoms with Gasteiger partial charge in [-0.3, -0.25) is 4.79 Å². The van der Waals surface area contributed by atoms with Crippen molar-refractivity contribution in [1.29, 1.82) is 0 Å². The Balaban J connectivity index is 1.99. The normalized spacial score (nSPS) is 11.6. The van der Waals surface area contributed by atoms with Crippen molar-refractivity contribution < 1.29 is 32.6 Å². The Bertz CT molecular complexity index is 1330. The number of aryl methyl sites for hydroxylation is 1. The van der Waals surface area contributed by atoms with E-state index in [1.165, 1.54) is 24.3 Å². The van der Waals surface area contributed by atoms with Gasteiger partial charge < -0.3 is 20.1 Å². The average Bonchev–Trinajstić information content (AvgIpc) is 2.83. The number of ether oxygens (including phenoxy) is 1. The zero-order valence-electron chi connectivity index (χ0n) is 23.3. The minimum atomic E-state index is -4.80. The molecule has 0 radical (unpaired) electrons. The number of halogens is 3. The molecule has 0 aliphatic heterocycles. The summed E-state index contributed by atoms with van der Waals surface area (Å²) in [5.74, 6) is -1.08. The van der Waals surface area contributed by atoms with Crippen LogP contribution in [0.5, 0.6) is 5.75 Å². The molecule has 0 bridgehead atoms. The van der Waals surface area contributed by atoms with E-state index in [-0.39, 0.29) is 23.6 Å². The summed E-state index contributed by atoms with van der Waals surface area (Å²) >= 11 is 0. The predicted octanol–water partition coefficient (Wildman–Crippen LogP) is 7.56. The molecule has 214 valence electrons. The molecule has 0 aromatic heterocycles. The summed E-state index contributed by atoms with van der Waals surface area (Å²) in [6.07, 6.45) is -4.87. The lowest BCUT2D eigenvalue weighted by atomic mass is 9.95. The Morgan fingerprint density at radius 3 is 2.12 bits per heavy atom. The number of aromatic carboxylic acids is 1. The van der Waals surface area contributed by atoms with Gasteiger partial charge >= 0.3 is 12.3 Å². The number of anilines is 2. The number of carbonyl (C=O) groups is 2. The van der Waals surface area contributed by atoms with E-state index in [0.717, 1.165) is 18.8 Å². The van der Waals surface area contributed by atoms with Crippen LogP contribution < -0.4 is 15.0 Å². The van der Waals surface area contributed by atoms with Crippen LogP contribution in [0.1, 0.15) is 49.2 Å². The number of nitrogens with one attached hydrogen (secondary N) is 1. The van der Waals surface area contributed by atoms with Crippen molar-refractivity contribution >= 4 is 23.3 Å². The topological polar surface area (TPSA) is 78.9 Å². The molecule has 0 atom stereocenters. The number of nitrogens with zero attached hydrogens (tertiary/aromatic N) is 1. The highest BCUT2D eigenvalue weighted by atomic mass is 19.4. The van der Waals surface area contributed by atoms with Gasteiger partial charge in [0.25, 0.3) is 0 Å². The second-order valence-corrected chi connectivity index (χ2v) is 10.6. The van der Waals surface area contributed by atoms with Crippen LogP contribution in [0.25, 0.3) is 11.1 Å². The maximum absolute atomic E-state index is 13.2. The molecule has 6 nitrogen and oxygen atoms in total. The molecule has 0 spiro atoms. The number of hydrogen-bond donors (Lipinski definition) is 2. The number of carbonyl (C=O) groups excluding carboxylic acids is 1. The van der Waals surface area contributed by atoms with Crippen LogP contribution in [0.4, 0.5) is 24.5 Å². The average molecular weight is 557 g/mol. The highest BCUT2D eigenvalue weighted by molar-refractivity contribution is 6.00. The fraction of sp³-hybridized carbons (Fsp3) is 0.355. The number of carboxylic acid groups (broad SMARTS) is 1. The maximum atomic E-state index is 13.2. The molecular weight excluding hydrogens is 521 g/mol. The first-order valence-corrected chi connectivity index (χ1v) is 13.1. The smallest absolute Gasteiger partial charge is 0.478 e. The van der Waals surface area contributed by atoms with Crippen LogP contribution in [0.3, 0.4) is 0 Å². The molecule has 0 fully saturated rings. The Labute approximate surface area is 232 Å². The molecule has 0 saturated carbocycles. The van der Waals surface area contributed by atoms with Crippen molar-refractivity contribution in [3.05, 3.63) is 77.4 Å². The van der Waals surface area contributed by atoms with Crippen molar-refractivity contribution in [1.82, 2.24) is 0 Å². The van der Waals surface area contributed by atoms with E-state index in [9.17, 15) is 27.9 Å². The molecule has 3 rings (SSSR count). The minimum Gasteiger partial charge on any atom is -0.478 e. The van der Waals surface area contributed by atoms with Gasteiger partial charge in [-0.1, -0.05) is 64.1 Å². The summed E-state index contributed by atoms with van der Waals surface area (Å²) in [5.41, 5.74) is 3.83. The second-order valence-electron chi connectivity index (χ2n) is 10.6. The quantitative estimate of drug-likeness (QED) is 0.255. The first-order chi connectivity index (χ1) is 18.7. The van der Waals surface area contributed by atoms with Gasteiger partial charge in [0.2, 0.25) is 5.91 Å². The van der Waals surface area contributed by atoms with Gasteiger partial charge in [0.05, 0.1) is 23.4 Å². The van der Waals surface area contributed by atoms with Crippen molar-refractivity contribution in [3.8, 4) is 16.9 Å². The predicted molar refractivity (Wildman–Crippen MR) is 151 cm³/mol. The fourth-order valence-electron chi connectivity index (χ4n) is 4.61. The standard InChI is InChI=1S/C31H35F3N2O4/c1-19(2)17-36(18-20(3)4)27-14-11-23(25-8-6-7-21(5)29(25)30(38)39)16-26(27)35-28(37)15-22-9-12-24(13-10-22)40-31(32,33)34/h6-14,16,19-20H,15,17-18H2,1-5H3,(H,35,37)(H,38,39). The highest BCUT2D eigenvalue weighted by Crippen LogP contribution is 2.35. The van der Waals surface area contributed by atoms with E-state index in [1.54, 1.807) is 31.2 Å². The third-order valence-electron chi connectivity index (χ3n) is 6.10. The van der Waals surface area contributed by atoms with Crippen LogP contribution in [0.2, 0.25) is 0 Å². The molecule has 0 saturated heterocycles. The molecule has 3 aromatic rings. The number of carboxylic acids is 1. The lowest BCUT2D eigenvalue weighted by molar-refractivity contribution is -0.274. The molecule has 9 heteroatoms. The molecule has 40 heavy (non-hydrogen) atoms. The highest BCUT2D eigenvalue weighted by Gasteiger charge is 2.31. The van der Waals surface area contributed by atoms with Crippen molar-refractivity contribution in [2.75, 3.05) is 23.3 Å². The van der Waals surface area contributed by atoms with E-state index < -0.39 is 12.3 Å². The number of hydrogen-bond acceptors (Lipinski definition) is 4. The lowest BCUT2D eigenvalue weighted by Crippen LogP contribution is -2.32. The van der Waals surface area contributed by atoms with Crippen molar-refractivity contribution in [3.63, 3.8) is 0 Å². The van der Waals surface area contributed by atoms with Gasteiger partial charge in [-0.2, -0.15) is 0 Å².